The van der Waals surface area contributed by atoms with Crippen LogP contribution in [0, 0.1) is 52.3 Å². The molecule has 4 aliphatic rings. The Morgan fingerprint density at radius 1 is 0.981 bits per heavy atom. The molecule has 292 valence electrons. The standard InChI is InChI=1S/C46H62N2O6/c1-6-36-42(44(53)54-5)43(32-9-7-8-10-37(32)48-36)47-26-30-16-13-28(14-17-30)12-15-29-21-22-45(3)31(23-29)24-38(49)41-34-19-18-33(27(2)11-20-40(51)52)46(34,4)39(50)25-35(41)45/h7-10,13-14,16-17,27,29,31,33-35,38-39,41,49-50H,6,11-12,15,18-26H2,1-5H3,(H,47,48)(H,51,52)/t27-,29+,31?,33-,34?,35?,38-,39+,41?,45+,46-/m1/s1. The third-order valence-electron chi connectivity index (χ3n) is 15.5. The summed E-state index contributed by atoms with van der Waals surface area (Å²) in [5.41, 5.74) is 5.20. The lowest BCUT2D eigenvalue weighted by molar-refractivity contribution is -0.204. The van der Waals surface area contributed by atoms with E-state index in [1.165, 1.54) is 19.1 Å². The average Bonchev–Trinajstić information content (AvgIpc) is 3.53. The summed E-state index contributed by atoms with van der Waals surface area (Å²) in [5.74, 6) is 1.36. The van der Waals surface area contributed by atoms with Crippen molar-refractivity contribution in [1.29, 1.82) is 0 Å². The number of carboxylic acid groups (broad SMARTS) is 1. The van der Waals surface area contributed by atoms with E-state index < -0.39 is 12.1 Å². The van der Waals surface area contributed by atoms with Crippen LogP contribution in [0.5, 0.6) is 0 Å². The molecule has 2 aromatic carbocycles. The fourth-order valence-electron chi connectivity index (χ4n) is 12.5. The molecule has 0 saturated heterocycles. The molecule has 11 atom stereocenters. The SMILES string of the molecule is CCc1nc2ccccc2c(NCc2ccc(CC[C@H]3CC[C@@]4(C)C(C3)C[C@@H](O)C3C4C[C@H](O)[C@@]4(C)C3CC[C@@H]4[C@H](C)CCC(=O)O)cc2)c1C(=O)OC. The van der Waals surface area contributed by atoms with Crippen LogP contribution in [0.15, 0.2) is 48.5 Å². The van der Waals surface area contributed by atoms with Crippen molar-refractivity contribution in [2.75, 3.05) is 12.4 Å². The van der Waals surface area contributed by atoms with Crippen molar-refractivity contribution in [2.24, 2.45) is 52.3 Å². The molecule has 4 fully saturated rings. The molecule has 0 bridgehead atoms. The van der Waals surface area contributed by atoms with Gasteiger partial charge in [0.05, 0.1) is 36.2 Å². The number of fused-ring (bicyclic) bond motifs is 6. The number of nitrogens with one attached hydrogen (secondary N) is 1. The molecule has 4 saturated carbocycles. The zero-order valence-electron chi connectivity index (χ0n) is 33.0. The molecule has 0 radical (unpaired) electrons. The van der Waals surface area contributed by atoms with Crippen molar-refractivity contribution < 1.29 is 29.6 Å². The average molecular weight is 739 g/mol. The number of esters is 1. The van der Waals surface area contributed by atoms with Crippen molar-refractivity contribution in [2.45, 2.75) is 123 Å². The van der Waals surface area contributed by atoms with Gasteiger partial charge in [-0.1, -0.05) is 70.2 Å². The van der Waals surface area contributed by atoms with Gasteiger partial charge in [0, 0.05) is 18.4 Å². The maximum Gasteiger partial charge on any atom is 0.341 e. The van der Waals surface area contributed by atoms with Crippen LogP contribution >= 0.6 is 0 Å². The van der Waals surface area contributed by atoms with Crippen molar-refractivity contribution >= 4 is 28.5 Å². The van der Waals surface area contributed by atoms with Gasteiger partial charge in [-0.3, -0.25) is 9.78 Å². The molecule has 8 heteroatoms. The van der Waals surface area contributed by atoms with Crippen LogP contribution in [0.3, 0.4) is 0 Å². The minimum absolute atomic E-state index is 0.135. The molecule has 7 rings (SSSR count). The first-order valence-corrected chi connectivity index (χ1v) is 20.8. The summed E-state index contributed by atoms with van der Waals surface area (Å²) in [6.07, 6.45) is 10.1. The van der Waals surface area contributed by atoms with E-state index in [1.807, 2.05) is 31.2 Å². The zero-order chi connectivity index (χ0) is 38.4. The maximum absolute atomic E-state index is 12.9. The van der Waals surface area contributed by atoms with Gasteiger partial charge in [-0.25, -0.2) is 4.79 Å². The number of carbonyl (C=O) groups is 2. The highest BCUT2D eigenvalue weighted by atomic mass is 16.5. The van der Waals surface area contributed by atoms with E-state index in [9.17, 15) is 24.9 Å². The lowest BCUT2D eigenvalue weighted by atomic mass is 9.42. The molecular formula is C46H62N2O6. The lowest BCUT2D eigenvalue weighted by Gasteiger charge is -2.64. The van der Waals surface area contributed by atoms with Crippen LogP contribution in [0.4, 0.5) is 5.69 Å². The summed E-state index contributed by atoms with van der Waals surface area (Å²) < 4.78 is 5.17. The lowest BCUT2D eigenvalue weighted by Crippen LogP contribution is -2.62. The second kappa shape index (κ2) is 15.6. The van der Waals surface area contributed by atoms with Crippen molar-refractivity contribution in [3.05, 3.63) is 70.9 Å². The quantitative estimate of drug-likeness (QED) is 0.136. The predicted molar refractivity (Wildman–Crippen MR) is 212 cm³/mol. The molecule has 0 amide bonds. The topological polar surface area (TPSA) is 129 Å². The highest BCUT2D eigenvalue weighted by Gasteiger charge is 2.65. The number of ether oxygens (including phenoxy) is 1. The van der Waals surface area contributed by atoms with E-state index in [-0.39, 0.29) is 41.2 Å². The first kappa shape index (κ1) is 38.8. The van der Waals surface area contributed by atoms with Crippen LogP contribution in [0.1, 0.15) is 119 Å². The Morgan fingerprint density at radius 2 is 1.72 bits per heavy atom. The number of carboxylic acids is 1. The third kappa shape index (κ3) is 6.95. The number of rotatable bonds is 12. The van der Waals surface area contributed by atoms with E-state index in [0.29, 0.717) is 54.5 Å². The number of para-hydroxylation sites is 1. The number of methoxy groups -OCH3 is 1. The van der Waals surface area contributed by atoms with E-state index in [1.54, 1.807) is 0 Å². The molecule has 54 heavy (non-hydrogen) atoms. The van der Waals surface area contributed by atoms with Gasteiger partial charge in [-0.2, -0.15) is 0 Å². The number of hydrogen-bond donors (Lipinski definition) is 4. The van der Waals surface area contributed by atoms with Gasteiger partial charge in [0.2, 0.25) is 0 Å². The molecule has 8 nitrogen and oxygen atoms in total. The monoisotopic (exact) mass is 738 g/mol. The second-order valence-electron chi connectivity index (χ2n) is 18.0. The van der Waals surface area contributed by atoms with Gasteiger partial charge < -0.3 is 25.4 Å². The van der Waals surface area contributed by atoms with Crippen LogP contribution in [0.2, 0.25) is 0 Å². The van der Waals surface area contributed by atoms with Gasteiger partial charge in [0.15, 0.2) is 0 Å². The maximum atomic E-state index is 12.9. The summed E-state index contributed by atoms with van der Waals surface area (Å²) >= 11 is 0. The van der Waals surface area contributed by atoms with Crippen molar-refractivity contribution in [3.8, 4) is 0 Å². The Bertz CT molecular complexity index is 1830. The number of aromatic nitrogens is 1. The number of hydrogen-bond acceptors (Lipinski definition) is 7. The van der Waals surface area contributed by atoms with Crippen LogP contribution in [0.25, 0.3) is 10.9 Å². The fraction of sp³-hybridized carbons (Fsp3) is 0.630. The predicted octanol–water partition coefficient (Wildman–Crippen LogP) is 8.85. The number of anilines is 1. The highest BCUT2D eigenvalue weighted by molar-refractivity contribution is 6.06. The molecular weight excluding hydrogens is 677 g/mol. The van der Waals surface area contributed by atoms with Gasteiger partial charge in [0.1, 0.15) is 5.56 Å². The normalized spacial score (nSPS) is 33.7. The smallest absolute Gasteiger partial charge is 0.341 e. The van der Waals surface area contributed by atoms with Gasteiger partial charge in [-0.05, 0) is 140 Å². The number of aryl methyl sites for hydroxylation is 2. The Morgan fingerprint density at radius 3 is 2.44 bits per heavy atom. The Hall–Kier alpha value is -3.49. The third-order valence-corrected chi connectivity index (χ3v) is 15.5. The largest absolute Gasteiger partial charge is 0.481 e. The number of benzene rings is 2. The Labute approximate surface area is 321 Å². The Kier molecular flexibility index (Phi) is 11.2. The van der Waals surface area contributed by atoms with E-state index in [4.69, 9.17) is 9.72 Å². The molecule has 0 spiro atoms. The van der Waals surface area contributed by atoms with Crippen LogP contribution in [-0.2, 0) is 28.9 Å². The summed E-state index contributed by atoms with van der Waals surface area (Å²) in [6.45, 7) is 9.50. The number of aliphatic carboxylic acids is 1. The van der Waals surface area contributed by atoms with E-state index >= 15 is 0 Å². The number of carbonyl (C=O) groups excluding carboxylic acids is 1. The van der Waals surface area contributed by atoms with Gasteiger partial charge in [-0.15, -0.1) is 0 Å². The summed E-state index contributed by atoms with van der Waals surface area (Å²) in [4.78, 5) is 29.0. The van der Waals surface area contributed by atoms with E-state index in [2.05, 4.69) is 50.4 Å². The van der Waals surface area contributed by atoms with Gasteiger partial charge >= 0.3 is 11.9 Å². The molecule has 4 N–H and O–H groups in total. The molecule has 1 heterocycles. The molecule has 4 aliphatic carbocycles. The molecule has 4 unspecified atom stereocenters. The first-order valence-electron chi connectivity index (χ1n) is 20.8. The molecule has 3 aromatic rings. The Balaban J connectivity index is 0.971. The number of aliphatic hydroxyl groups is 2. The van der Waals surface area contributed by atoms with Crippen LogP contribution < -0.4 is 5.32 Å². The van der Waals surface area contributed by atoms with Crippen molar-refractivity contribution in [3.63, 3.8) is 0 Å². The minimum Gasteiger partial charge on any atom is -0.481 e. The van der Waals surface area contributed by atoms with Crippen molar-refractivity contribution in [1.82, 2.24) is 4.98 Å². The zero-order valence-corrected chi connectivity index (χ0v) is 33.0. The summed E-state index contributed by atoms with van der Waals surface area (Å²) in [7, 11) is 1.41. The first-order chi connectivity index (χ1) is 25.9. The number of nitrogens with zero attached hydrogens (tertiary/aromatic N) is 1. The minimum atomic E-state index is -0.747. The molecule has 0 aliphatic heterocycles. The van der Waals surface area contributed by atoms with Crippen LogP contribution in [-0.4, -0.2) is 51.6 Å². The fourth-order valence-corrected chi connectivity index (χ4v) is 12.5. The number of pyridine rings is 1. The summed E-state index contributed by atoms with van der Waals surface area (Å²) in [5, 5.41) is 37.6. The highest BCUT2D eigenvalue weighted by Crippen LogP contribution is 2.68. The second-order valence-corrected chi connectivity index (χ2v) is 18.0. The van der Waals surface area contributed by atoms with Gasteiger partial charge in [0.25, 0.3) is 0 Å². The molecule has 1 aromatic heterocycles. The number of aliphatic hydroxyl groups excluding tert-OH is 2. The summed E-state index contributed by atoms with van der Waals surface area (Å²) in [6, 6.07) is 16.7. The van der Waals surface area contributed by atoms with E-state index in [0.717, 1.165) is 79.2 Å².